The maximum Gasteiger partial charge on any atom is 0.266 e. The molecular weight excluding hydrogens is 354 g/mol. The summed E-state index contributed by atoms with van der Waals surface area (Å²) in [6.07, 6.45) is 5.32. The minimum absolute atomic E-state index is 0.0131. The molecule has 0 saturated heterocycles. The first-order valence-corrected chi connectivity index (χ1v) is 8.71. The van der Waals surface area contributed by atoms with Crippen molar-refractivity contribution in [2.45, 2.75) is 6.54 Å². The number of hydrogen-bond acceptors (Lipinski definition) is 4. The van der Waals surface area contributed by atoms with Gasteiger partial charge in [0.2, 0.25) is 6.79 Å². The molecular formula is C22H17N3O3. The molecule has 0 unspecified atom stereocenters. The smallest absolute Gasteiger partial charge is 0.266 e. The summed E-state index contributed by atoms with van der Waals surface area (Å²) in [5.41, 5.74) is 2.36. The van der Waals surface area contributed by atoms with Crippen molar-refractivity contribution < 1.29 is 14.3 Å². The monoisotopic (exact) mass is 371 g/mol. The van der Waals surface area contributed by atoms with Gasteiger partial charge in [0.15, 0.2) is 11.5 Å². The van der Waals surface area contributed by atoms with Crippen LogP contribution in [0.3, 0.4) is 0 Å². The van der Waals surface area contributed by atoms with E-state index in [2.05, 4.69) is 11.9 Å². The van der Waals surface area contributed by atoms with Crippen LogP contribution in [-0.2, 0) is 11.3 Å². The van der Waals surface area contributed by atoms with Crippen molar-refractivity contribution in [2.75, 3.05) is 12.1 Å². The summed E-state index contributed by atoms with van der Waals surface area (Å²) in [6, 6.07) is 14.9. The van der Waals surface area contributed by atoms with Gasteiger partial charge in [-0.3, -0.25) is 4.79 Å². The van der Waals surface area contributed by atoms with Crippen molar-refractivity contribution in [3.63, 3.8) is 0 Å². The molecule has 0 bridgehead atoms. The van der Waals surface area contributed by atoms with E-state index in [1.807, 2.05) is 41.1 Å². The summed E-state index contributed by atoms with van der Waals surface area (Å²) < 4.78 is 12.6. The third kappa shape index (κ3) is 3.21. The Balaban J connectivity index is 1.64. The van der Waals surface area contributed by atoms with Crippen LogP contribution in [0.1, 0.15) is 5.56 Å². The average molecular weight is 371 g/mol. The molecule has 6 heteroatoms. The Morgan fingerprint density at radius 3 is 2.89 bits per heavy atom. The second-order valence-electron chi connectivity index (χ2n) is 6.23. The van der Waals surface area contributed by atoms with Crippen molar-refractivity contribution in [2.24, 2.45) is 0 Å². The highest BCUT2D eigenvalue weighted by Gasteiger charge is 2.16. The predicted octanol–water partition coefficient (Wildman–Crippen LogP) is 4.10. The van der Waals surface area contributed by atoms with E-state index < -0.39 is 5.91 Å². The fourth-order valence-corrected chi connectivity index (χ4v) is 3.16. The van der Waals surface area contributed by atoms with Crippen LogP contribution in [0.25, 0.3) is 17.0 Å². The highest BCUT2D eigenvalue weighted by Crippen LogP contribution is 2.34. The van der Waals surface area contributed by atoms with Gasteiger partial charge in [0.05, 0.1) is 0 Å². The van der Waals surface area contributed by atoms with Gasteiger partial charge in [-0.2, -0.15) is 5.26 Å². The largest absolute Gasteiger partial charge is 0.454 e. The molecule has 2 aromatic carbocycles. The molecule has 4 rings (SSSR count). The van der Waals surface area contributed by atoms with Gasteiger partial charge in [-0.05, 0) is 24.3 Å². The van der Waals surface area contributed by atoms with E-state index in [0.717, 1.165) is 16.5 Å². The molecule has 0 fully saturated rings. The van der Waals surface area contributed by atoms with Gasteiger partial charge in [0.1, 0.15) is 11.6 Å². The van der Waals surface area contributed by atoms with E-state index in [4.69, 9.17) is 9.47 Å². The van der Waals surface area contributed by atoms with Gasteiger partial charge in [-0.15, -0.1) is 6.58 Å². The van der Waals surface area contributed by atoms with Crippen molar-refractivity contribution in [1.82, 2.24) is 4.57 Å². The van der Waals surface area contributed by atoms with E-state index in [-0.39, 0.29) is 12.4 Å². The van der Waals surface area contributed by atoms with Gasteiger partial charge in [-0.25, -0.2) is 0 Å². The first-order valence-electron chi connectivity index (χ1n) is 8.71. The zero-order valence-electron chi connectivity index (χ0n) is 15.0. The lowest BCUT2D eigenvalue weighted by molar-refractivity contribution is -0.112. The second kappa shape index (κ2) is 7.33. The summed E-state index contributed by atoms with van der Waals surface area (Å²) >= 11 is 0. The first kappa shape index (κ1) is 17.4. The molecule has 1 N–H and O–H groups in total. The average Bonchev–Trinajstić information content (AvgIpc) is 3.31. The highest BCUT2D eigenvalue weighted by molar-refractivity contribution is 6.10. The maximum atomic E-state index is 12.6. The van der Waals surface area contributed by atoms with Crippen LogP contribution in [0.5, 0.6) is 11.5 Å². The van der Waals surface area contributed by atoms with Crippen LogP contribution in [0.4, 0.5) is 5.69 Å². The molecule has 2 heterocycles. The van der Waals surface area contributed by atoms with Crippen molar-refractivity contribution in [3.05, 3.63) is 72.5 Å². The number of carbonyl (C=O) groups excluding carboxylic acids is 1. The van der Waals surface area contributed by atoms with Crippen LogP contribution in [0.2, 0.25) is 0 Å². The number of hydrogen-bond donors (Lipinski definition) is 1. The topological polar surface area (TPSA) is 76.3 Å². The lowest BCUT2D eigenvalue weighted by atomic mass is 10.1. The molecule has 0 saturated carbocycles. The number of aromatic nitrogens is 1. The molecule has 1 aliphatic rings. The molecule has 6 nitrogen and oxygen atoms in total. The van der Waals surface area contributed by atoms with Gasteiger partial charge in [0, 0.05) is 41.0 Å². The number of rotatable bonds is 5. The zero-order valence-corrected chi connectivity index (χ0v) is 15.0. The Bertz CT molecular complexity index is 1150. The highest BCUT2D eigenvalue weighted by atomic mass is 16.7. The van der Waals surface area contributed by atoms with Crippen molar-refractivity contribution in [1.29, 1.82) is 5.26 Å². The molecule has 138 valence electrons. The summed E-state index contributed by atoms with van der Waals surface area (Å²) in [5, 5.41) is 13.2. The molecule has 1 aliphatic heterocycles. The number of amides is 1. The zero-order chi connectivity index (χ0) is 19.5. The summed E-state index contributed by atoms with van der Waals surface area (Å²) in [7, 11) is 0. The molecule has 0 atom stereocenters. The third-order valence-electron chi connectivity index (χ3n) is 4.44. The lowest BCUT2D eigenvalue weighted by Crippen LogP contribution is -2.13. The third-order valence-corrected chi connectivity index (χ3v) is 4.44. The Hall–Kier alpha value is -3.98. The van der Waals surface area contributed by atoms with Gasteiger partial charge >= 0.3 is 0 Å². The number of allylic oxidation sites excluding steroid dienone is 1. The molecule has 1 aromatic heterocycles. The molecule has 0 spiro atoms. The predicted molar refractivity (Wildman–Crippen MR) is 107 cm³/mol. The fraction of sp³-hybridized carbons (Fsp3) is 0.0909. The van der Waals surface area contributed by atoms with Crippen molar-refractivity contribution >= 4 is 28.6 Å². The number of para-hydroxylation sites is 1. The maximum absolute atomic E-state index is 12.6. The molecule has 28 heavy (non-hydrogen) atoms. The lowest BCUT2D eigenvalue weighted by Gasteiger charge is -2.05. The van der Waals surface area contributed by atoms with Gasteiger partial charge in [-0.1, -0.05) is 24.3 Å². The van der Waals surface area contributed by atoms with Crippen molar-refractivity contribution in [3.8, 4) is 17.6 Å². The van der Waals surface area contributed by atoms with E-state index in [1.54, 1.807) is 30.4 Å². The first-order chi connectivity index (χ1) is 13.7. The number of ether oxygens (including phenoxy) is 2. The Labute approximate surface area is 161 Å². The molecule has 0 radical (unpaired) electrons. The van der Waals surface area contributed by atoms with Crippen LogP contribution in [0, 0.1) is 11.3 Å². The van der Waals surface area contributed by atoms with E-state index in [9.17, 15) is 10.1 Å². The number of nitriles is 1. The number of fused-ring (bicyclic) bond motifs is 2. The Kier molecular flexibility index (Phi) is 4.56. The minimum atomic E-state index is -0.484. The SMILES string of the molecule is C=CCn1cc(C=C(C#N)C(=O)Nc2ccc3c(c2)OCO3)c2ccccc21. The number of benzene rings is 2. The Morgan fingerprint density at radius 2 is 2.07 bits per heavy atom. The van der Waals surface area contributed by atoms with E-state index in [0.29, 0.717) is 23.7 Å². The standard InChI is InChI=1S/C22H17N3O3/c1-2-9-25-13-16(18-5-3-4-6-19(18)25)10-15(12-23)22(26)24-17-7-8-20-21(11-17)28-14-27-20/h2-8,10-11,13H,1,9,14H2,(H,24,26). The number of nitrogens with one attached hydrogen (secondary N) is 1. The van der Waals surface area contributed by atoms with Crippen LogP contribution in [0.15, 0.2) is 66.9 Å². The molecule has 3 aromatic rings. The normalized spacial score (nSPS) is 12.6. The van der Waals surface area contributed by atoms with Crippen LogP contribution < -0.4 is 14.8 Å². The minimum Gasteiger partial charge on any atom is -0.454 e. The molecule has 1 amide bonds. The summed E-state index contributed by atoms with van der Waals surface area (Å²) in [5.74, 6) is 0.707. The number of nitrogens with zero attached hydrogens (tertiary/aromatic N) is 2. The summed E-state index contributed by atoms with van der Waals surface area (Å²) in [4.78, 5) is 12.6. The van der Waals surface area contributed by atoms with Gasteiger partial charge in [0.25, 0.3) is 5.91 Å². The fourth-order valence-electron chi connectivity index (χ4n) is 3.16. The summed E-state index contributed by atoms with van der Waals surface area (Å²) in [6.45, 7) is 4.57. The second-order valence-corrected chi connectivity index (χ2v) is 6.23. The van der Waals surface area contributed by atoms with E-state index >= 15 is 0 Å². The van der Waals surface area contributed by atoms with Crippen LogP contribution in [-0.4, -0.2) is 17.3 Å². The Morgan fingerprint density at radius 1 is 1.25 bits per heavy atom. The van der Waals surface area contributed by atoms with Gasteiger partial charge < -0.3 is 19.4 Å². The quantitative estimate of drug-likeness (QED) is 0.416. The van der Waals surface area contributed by atoms with Crippen LogP contribution >= 0.6 is 0 Å². The number of anilines is 1. The number of carbonyl (C=O) groups is 1. The van der Waals surface area contributed by atoms with E-state index in [1.165, 1.54) is 0 Å². The molecule has 0 aliphatic carbocycles.